The van der Waals surface area contributed by atoms with Crippen LogP contribution in [0.5, 0.6) is 0 Å². The topological polar surface area (TPSA) is 50.2 Å². The third-order valence-electron chi connectivity index (χ3n) is 4.66. The molecule has 146 valence electrons. The lowest BCUT2D eigenvalue weighted by atomic mass is 10.2. The second-order valence-corrected chi connectivity index (χ2v) is 7.67. The van der Waals surface area contributed by atoms with Gasteiger partial charge in [0.2, 0.25) is 5.91 Å². The van der Waals surface area contributed by atoms with Gasteiger partial charge in [-0.25, -0.2) is 4.68 Å². The molecule has 1 N–H and O–H groups in total. The molecule has 1 aromatic heterocycles. The average molecular weight is 395 g/mol. The van der Waals surface area contributed by atoms with Crippen LogP contribution in [0.2, 0.25) is 0 Å². The predicted molar refractivity (Wildman–Crippen MR) is 116 cm³/mol. The molecular formula is C22H26N4OS. The molecule has 0 aliphatic heterocycles. The van der Waals surface area contributed by atoms with Crippen LogP contribution in [0.1, 0.15) is 17.0 Å². The van der Waals surface area contributed by atoms with Crippen LogP contribution in [-0.4, -0.2) is 40.4 Å². The Hall–Kier alpha value is -2.57. The molecule has 0 spiro atoms. The molecule has 0 saturated carbocycles. The normalized spacial score (nSPS) is 11.0. The van der Waals surface area contributed by atoms with Crippen molar-refractivity contribution in [2.24, 2.45) is 0 Å². The van der Waals surface area contributed by atoms with Crippen molar-refractivity contribution in [2.45, 2.75) is 25.3 Å². The fraction of sp³-hybridized carbons (Fsp3) is 0.273. The second kappa shape index (κ2) is 9.08. The molecule has 1 amide bonds. The molecule has 0 aliphatic carbocycles. The molecule has 0 bridgehead atoms. The maximum Gasteiger partial charge on any atom is 0.238 e. The number of benzene rings is 2. The summed E-state index contributed by atoms with van der Waals surface area (Å²) in [5.41, 5.74) is 5.15. The Morgan fingerprint density at radius 3 is 2.50 bits per heavy atom. The van der Waals surface area contributed by atoms with Gasteiger partial charge in [0.05, 0.1) is 23.6 Å². The Balaban J connectivity index is 1.67. The van der Waals surface area contributed by atoms with Crippen molar-refractivity contribution in [1.82, 2.24) is 14.7 Å². The van der Waals surface area contributed by atoms with Gasteiger partial charge < -0.3 is 5.32 Å². The van der Waals surface area contributed by atoms with Crippen molar-refractivity contribution in [2.75, 3.05) is 25.2 Å². The molecule has 1 heterocycles. The molecule has 6 heteroatoms. The Kier molecular flexibility index (Phi) is 6.54. The lowest BCUT2D eigenvalue weighted by Gasteiger charge is -2.17. The molecule has 0 atom stereocenters. The summed E-state index contributed by atoms with van der Waals surface area (Å²) in [5, 5.41) is 7.71. The Morgan fingerprint density at radius 2 is 1.79 bits per heavy atom. The lowest BCUT2D eigenvalue weighted by molar-refractivity contribution is -0.117. The average Bonchev–Trinajstić information content (AvgIpc) is 2.97. The van der Waals surface area contributed by atoms with Crippen molar-refractivity contribution < 1.29 is 4.79 Å². The first kappa shape index (κ1) is 20.2. The van der Waals surface area contributed by atoms with Gasteiger partial charge in [0.1, 0.15) is 0 Å². The van der Waals surface area contributed by atoms with Crippen molar-refractivity contribution in [3.05, 3.63) is 71.5 Å². The van der Waals surface area contributed by atoms with Crippen LogP contribution in [0.3, 0.4) is 0 Å². The number of anilines is 1. The van der Waals surface area contributed by atoms with E-state index in [-0.39, 0.29) is 5.91 Å². The van der Waals surface area contributed by atoms with Gasteiger partial charge in [-0.05, 0) is 51.4 Å². The van der Waals surface area contributed by atoms with Crippen LogP contribution in [0, 0.1) is 13.8 Å². The summed E-state index contributed by atoms with van der Waals surface area (Å²) in [6.07, 6.45) is 2.01. The molecule has 3 rings (SSSR count). The van der Waals surface area contributed by atoms with Crippen molar-refractivity contribution in [3.63, 3.8) is 0 Å². The van der Waals surface area contributed by atoms with Gasteiger partial charge >= 0.3 is 0 Å². The van der Waals surface area contributed by atoms with Gasteiger partial charge in [0, 0.05) is 22.7 Å². The highest BCUT2D eigenvalue weighted by atomic mass is 32.2. The Labute approximate surface area is 170 Å². The number of para-hydroxylation sites is 2. The highest BCUT2D eigenvalue weighted by Gasteiger charge is 2.16. The highest BCUT2D eigenvalue weighted by molar-refractivity contribution is 7.98. The molecule has 28 heavy (non-hydrogen) atoms. The van der Waals surface area contributed by atoms with Gasteiger partial charge in [-0.2, -0.15) is 5.10 Å². The summed E-state index contributed by atoms with van der Waals surface area (Å²) in [6, 6.07) is 18.0. The number of hydrogen-bond acceptors (Lipinski definition) is 4. The summed E-state index contributed by atoms with van der Waals surface area (Å²) in [6.45, 7) is 5.08. The van der Waals surface area contributed by atoms with E-state index in [1.165, 1.54) is 0 Å². The lowest BCUT2D eigenvalue weighted by Crippen LogP contribution is -2.30. The Morgan fingerprint density at radius 1 is 1.11 bits per heavy atom. The van der Waals surface area contributed by atoms with Gasteiger partial charge in [0.15, 0.2) is 0 Å². The molecule has 0 aliphatic rings. The van der Waals surface area contributed by atoms with Crippen LogP contribution in [-0.2, 0) is 11.3 Å². The van der Waals surface area contributed by atoms with E-state index < -0.39 is 0 Å². The van der Waals surface area contributed by atoms with Crippen LogP contribution in [0.4, 0.5) is 5.69 Å². The molecule has 2 aromatic carbocycles. The summed E-state index contributed by atoms with van der Waals surface area (Å²) in [4.78, 5) is 15.6. The quantitative estimate of drug-likeness (QED) is 0.608. The number of hydrogen-bond donors (Lipinski definition) is 1. The van der Waals surface area contributed by atoms with E-state index in [1.54, 1.807) is 11.8 Å². The molecule has 3 aromatic rings. The Bertz CT molecular complexity index is 952. The number of rotatable bonds is 7. The number of carbonyl (C=O) groups excluding carboxylic acids is 1. The van der Waals surface area contributed by atoms with Crippen LogP contribution < -0.4 is 5.32 Å². The number of nitrogens with zero attached hydrogens (tertiary/aromatic N) is 3. The molecule has 0 radical (unpaired) electrons. The van der Waals surface area contributed by atoms with Crippen LogP contribution in [0.15, 0.2) is 59.5 Å². The summed E-state index contributed by atoms with van der Waals surface area (Å²) in [7, 11) is 1.96. The number of aryl methyl sites for hydroxylation is 1. The standard InChI is InChI=1S/C22H26N4OS/c1-16-19(17(2)26(24-16)18-10-6-5-7-11-18)14-25(3)15-22(27)23-20-12-8-9-13-21(20)28-4/h5-13H,14-15H2,1-4H3,(H,23,27). The smallest absolute Gasteiger partial charge is 0.238 e. The molecule has 0 saturated heterocycles. The largest absolute Gasteiger partial charge is 0.324 e. The number of aromatic nitrogens is 2. The molecular weight excluding hydrogens is 368 g/mol. The van der Waals surface area contributed by atoms with E-state index in [1.807, 2.05) is 84.4 Å². The number of likely N-dealkylation sites (N-methyl/N-ethyl adjacent to an activating group) is 1. The van der Waals surface area contributed by atoms with Gasteiger partial charge in [0.25, 0.3) is 0 Å². The number of nitrogens with one attached hydrogen (secondary N) is 1. The van der Waals surface area contributed by atoms with Crippen LogP contribution >= 0.6 is 11.8 Å². The maximum atomic E-state index is 12.5. The number of amides is 1. The van der Waals surface area contributed by atoms with Crippen molar-refractivity contribution in [1.29, 1.82) is 0 Å². The first-order valence-corrected chi connectivity index (χ1v) is 10.4. The fourth-order valence-corrected chi connectivity index (χ4v) is 3.79. The minimum absolute atomic E-state index is 0.0187. The van der Waals surface area contributed by atoms with E-state index in [0.29, 0.717) is 13.1 Å². The van der Waals surface area contributed by atoms with E-state index in [2.05, 4.69) is 17.3 Å². The zero-order valence-electron chi connectivity index (χ0n) is 16.8. The highest BCUT2D eigenvalue weighted by Crippen LogP contribution is 2.24. The van der Waals surface area contributed by atoms with E-state index >= 15 is 0 Å². The fourth-order valence-electron chi connectivity index (χ4n) is 3.23. The third-order valence-corrected chi connectivity index (χ3v) is 5.46. The van der Waals surface area contributed by atoms with Crippen molar-refractivity contribution in [3.8, 4) is 5.69 Å². The SMILES string of the molecule is CSc1ccccc1NC(=O)CN(C)Cc1c(C)nn(-c2ccccc2)c1C. The minimum Gasteiger partial charge on any atom is -0.324 e. The summed E-state index contributed by atoms with van der Waals surface area (Å²) in [5.74, 6) is -0.0187. The first-order chi connectivity index (χ1) is 13.5. The third kappa shape index (κ3) is 4.64. The monoisotopic (exact) mass is 394 g/mol. The van der Waals surface area contributed by atoms with Gasteiger partial charge in [-0.15, -0.1) is 11.8 Å². The number of carbonyl (C=O) groups is 1. The molecule has 0 unspecified atom stereocenters. The second-order valence-electron chi connectivity index (χ2n) is 6.82. The summed E-state index contributed by atoms with van der Waals surface area (Å²) < 4.78 is 1.97. The van der Waals surface area contributed by atoms with Crippen LogP contribution in [0.25, 0.3) is 5.69 Å². The first-order valence-electron chi connectivity index (χ1n) is 9.21. The zero-order valence-corrected chi connectivity index (χ0v) is 17.6. The summed E-state index contributed by atoms with van der Waals surface area (Å²) >= 11 is 1.62. The molecule has 5 nitrogen and oxygen atoms in total. The van der Waals surface area contributed by atoms with Gasteiger partial charge in [-0.1, -0.05) is 30.3 Å². The minimum atomic E-state index is -0.0187. The van der Waals surface area contributed by atoms with Gasteiger partial charge in [-0.3, -0.25) is 9.69 Å². The van der Waals surface area contributed by atoms with E-state index in [9.17, 15) is 4.79 Å². The van der Waals surface area contributed by atoms with E-state index in [0.717, 1.165) is 33.2 Å². The predicted octanol–water partition coefficient (Wildman–Crippen LogP) is 4.28. The van der Waals surface area contributed by atoms with E-state index in [4.69, 9.17) is 0 Å². The van der Waals surface area contributed by atoms with Crippen molar-refractivity contribution >= 4 is 23.4 Å². The number of thioether (sulfide) groups is 1. The molecule has 0 fully saturated rings. The maximum absolute atomic E-state index is 12.5. The zero-order chi connectivity index (χ0) is 20.1.